The first kappa shape index (κ1) is 11.1. The third kappa shape index (κ3) is 1.94. The Labute approximate surface area is 89.6 Å². The highest BCUT2D eigenvalue weighted by molar-refractivity contribution is 5.85. The topological polar surface area (TPSA) is 44.5 Å². The molecule has 1 aliphatic rings. The van der Waals surface area contributed by atoms with Gasteiger partial charge in [0.1, 0.15) is 11.5 Å². The molecule has 0 saturated heterocycles. The van der Waals surface area contributed by atoms with E-state index in [0.29, 0.717) is 6.61 Å². The van der Waals surface area contributed by atoms with Crippen molar-refractivity contribution in [3.63, 3.8) is 0 Å². The van der Waals surface area contributed by atoms with Crippen LogP contribution in [0, 0.1) is 0 Å². The lowest BCUT2D eigenvalue weighted by Crippen LogP contribution is -2.20. The van der Waals surface area contributed by atoms with Gasteiger partial charge in [-0.3, -0.25) is 0 Å². The molecule has 1 aromatic carbocycles. The maximum atomic E-state index is 5.93. The fourth-order valence-electron chi connectivity index (χ4n) is 1.53. The van der Waals surface area contributed by atoms with Crippen LogP contribution in [-0.4, -0.2) is 13.7 Å². The van der Waals surface area contributed by atoms with E-state index in [1.807, 2.05) is 18.2 Å². The smallest absolute Gasteiger partial charge is 0.124 e. The Morgan fingerprint density at radius 2 is 2.29 bits per heavy atom. The zero-order valence-electron chi connectivity index (χ0n) is 8.03. The van der Waals surface area contributed by atoms with Crippen LogP contribution >= 0.6 is 12.4 Å². The maximum absolute atomic E-state index is 5.93. The maximum Gasteiger partial charge on any atom is 0.124 e. The molecule has 14 heavy (non-hydrogen) atoms. The fourth-order valence-corrected chi connectivity index (χ4v) is 1.53. The molecule has 1 unspecified atom stereocenters. The van der Waals surface area contributed by atoms with E-state index in [2.05, 4.69) is 0 Å². The molecule has 4 heteroatoms. The molecule has 0 radical (unpaired) electrons. The van der Waals surface area contributed by atoms with Crippen LogP contribution in [0.2, 0.25) is 0 Å². The van der Waals surface area contributed by atoms with Crippen LogP contribution in [0.4, 0.5) is 0 Å². The van der Waals surface area contributed by atoms with Crippen LogP contribution in [-0.2, 0) is 0 Å². The molecule has 2 rings (SSSR count). The predicted octanol–water partition coefficient (Wildman–Crippen LogP) is 1.90. The highest BCUT2D eigenvalue weighted by Crippen LogP contribution is 2.33. The number of hydrogen-bond acceptors (Lipinski definition) is 3. The Morgan fingerprint density at radius 1 is 1.50 bits per heavy atom. The molecular formula is C10H14ClNO2. The van der Waals surface area contributed by atoms with E-state index >= 15 is 0 Å². The number of hydrogen-bond donors (Lipinski definition) is 1. The van der Waals surface area contributed by atoms with E-state index in [0.717, 1.165) is 23.5 Å². The zero-order chi connectivity index (χ0) is 9.26. The van der Waals surface area contributed by atoms with Gasteiger partial charge in [-0.15, -0.1) is 12.4 Å². The zero-order valence-corrected chi connectivity index (χ0v) is 8.84. The molecule has 0 aliphatic carbocycles. The Kier molecular flexibility index (Phi) is 3.61. The average molecular weight is 216 g/mol. The quantitative estimate of drug-likeness (QED) is 0.778. The standard InChI is InChI=1S/C10H13NO2.ClH/c1-12-7-2-3-10-8(6-7)9(11)4-5-13-10;/h2-3,6,9H,4-5,11H2,1H3;1H. The molecule has 2 N–H and O–H groups in total. The predicted molar refractivity (Wildman–Crippen MR) is 57.3 cm³/mol. The summed E-state index contributed by atoms with van der Waals surface area (Å²) >= 11 is 0. The van der Waals surface area contributed by atoms with Crippen molar-refractivity contribution in [2.24, 2.45) is 5.73 Å². The molecule has 0 fully saturated rings. The van der Waals surface area contributed by atoms with Crippen LogP contribution in [0.25, 0.3) is 0 Å². The number of fused-ring (bicyclic) bond motifs is 1. The van der Waals surface area contributed by atoms with Crippen molar-refractivity contribution in [2.75, 3.05) is 13.7 Å². The van der Waals surface area contributed by atoms with E-state index in [4.69, 9.17) is 15.2 Å². The van der Waals surface area contributed by atoms with Gasteiger partial charge in [-0.1, -0.05) is 0 Å². The summed E-state index contributed by atoms with van der Waals surface area (Å²) in [7, 11) is 1.65. The van der Waals surface area contributed by atoms with Crippen LogP contribution in [0.5, 0.6) is 11.5 Å². The number of halogens is 1. The lowest BCUT2D eigenvalue weighted by atomic mass is 10.0. The van der Waals surface area contributed by atoms with Crippen LogP contribution in [0.3, 0.4) is 0 Å². The van der Waals surface area contributed by atoms with Crippen molar-refractivity contribution < 1.29 is 9.47 Å². The van der Waals surface area contributed by atoms with Crippen LogP contribution < -0.4 is 15.2 Å². The van der Waals surface area contributed by atoms with Crippen molar-refractivity contribution in [3.05, 3.63) is 23.8 Å². The van der Waals surface area contributed by atoms with Gasteiger partial charge < -0.3 is 15.2 Å². The summed E-state index contributed by atoms with van der Waals surface area (Å²) in [6.45, 7) is 0.709. The minimum atomic E-state index is 0. The second kappa shape index (κ2) is 4.53. The first-order valence-corrected chi connectivity index (χ1v) is 4.37. The van der Waals surface area contributed by atoms with E-state index < -0.39 is 0 Å². The number of methoxy groups -OCH3 is 1. The first-order chi connectivity index (χ1) is 6.31. The highest BCUT2D eigenvalue weighted by Gasteiger charge is 2.18. The number of nitrogens with two attached hydrogens (primary N) is 1. The number of rotatable bonds is 1. The third-order valence-corrected chi connectivity index (χ3v) is 2.30. The minimum Gasteiger partial charge on any atom is -0.497 e. The second-order valence-corrected chi connectivity index (χ2v) is 3.15. The fraction of sp³-hybridized carbons (Fsp3) is 0.400. The van der Waals surface area contributed by atoms with Crippen molar-refractivity contribution in [2.45, 2.75) is 12.5 Å². The molecular weight excluding hydrogens is 202 g/mol. The van der Waals surface area contributed by atoms with Crippen molar-refractivity contribution in [1.82, 2.24) is 0 Å². The highest BCUT2D eigenvalue weighted by atomic mass is 35.5. The van der Waals surface area contributed by atoms with Gasteiger partial charge >= 0.3 is 0 Å². The molecule has 0 bridgehead atoms. The Balaban J connectivity index is 0.000000980. The van der Waals surface area contributed by atoms with Gasteiger partial charge in [0.25, 0.3) is 0 Å². The summed E-state index contributed by atoms with van der Waals surface area (Å²) in [6, 6.07) is 5.82. The molecule has 0 aromatic heterocycles. The molecule has 1 atom stereocenters. The first-order valence-electron chi connectivity index (χ1n) is 4.37. The van der Waals surface area contributed by atoms with Gasteiger partial charge in [-0.2, -0.15) is 0 Å². The van der Waals surface area contributed by atoms with Crippen LogP contribution in [0.1, 0.15) is 18.0 Å². The summed E-state index contributed by atoms with van der Waals surface area (Å²) < 4.78 is 10.6. The lowest BCUT2D eigenvalue weighted by molar-refractivity contribution is 0.268. The van der Waals surface area contributed by atoms with Gasteiger partial charge in [0, 0.05) is 18.0 Å². The Bertz CT molecular complexity index is 317. The van der Waals surface area contributed by atoms with E-state index in [-0.39, 0.29) is 18.4 Å². The Morgan fingerprint density at radius 3 is 3.00 bits per heavy atom. The number of benzene rings is 1. The Hall–Kier alpha value is -0.930. The molecule has 1 aromatic rings. The van der Waals surface area contributed by atoms with Crippen molar-refractivity contribution in [3.8, 4) is 11.5 Å². The summed E-state index contributed by atoms with van der Waals surface area (Å²) in [4.78, 5) is 0. The molecule has 0 amide bonds. The second-order valence-electron chi connectivity index (χ2n) is 3.15. The molecule has 78 valence electrons. The lowest BCUT2D eigenvalue weighted by Gasteiger charge is -2.23. The van der Waals surface area contributed by atoms with Gasteiger partial charge in [-0.05, 0) is 18.2 Å². The largest absolute Gasteiger partial charge is 0.497 e. The minimum absolute atomic E-state index is 0. The summed E-state index contributed by atoms with van der Waals surface area (Å²) in [5.41, 5.74) is 6.98. The van der Waals surface area contributed by atoms with Gasteiger partial charge in [-0.25, -0.2) is 0 Å². The normalized spacial score (nSPS) is 18.9. The summed E-state index contributed by atoms with van der Waals surface area (Å²) in [5.74, 6) is 1.72. The molecule has 0 saturated carbocycles. The van der Waals surface area contributed by atoms with Crippen molar-refractivity contribution in [1.29, 1.82) is 0 Å². The van der Waals surface area contributed by atoms with Crippen molar-refractivity contribution >= 4 is 12.4 Å². The average Bonchev–Trinajstić information content (AvgIpc) is 2.18. The molecule has 3 nitrogen and oxygen atoms in total. The summed E-state index contributed by atoms with van der Waals surface area (Å²) in [5, 5.41) is 0. The van der Waals surface area contributed by atoms with E-state index in [1.54, 1.807) is 7.11 Å². The van der Waals surface area contributed by atoms with Crippen LogP contribution in [0.15, 0.2) is 18.2 Å². The van der Waals surface area contributed by atoms with Gasteiger partial charge in [0.05, 0.1) is 13.7 Å². The third-order valence-electron chi connectivity index (χ3n) is 2.30. The SMILES string of the molecule is COc1ccc2c(c1)C(N)CCO2.Cl. The van der Waals surface area contributed by atoms with E-state index in [9.17, 15) is 0 Å². The summed E-state index contributed by atoms with van der Waals surface area (Å²) in [6.07, 6.45) is 0.875. The molecule has 0 spiro atoms. The molecule has 1 aliphatic heterocycles. The monoisotopic (exact) mass is 215 g/mol. The van der Waals surface area contributed by atoms with Gasteiger partial charge in [0.15, 0.2) is 0 Å². The van der Waals surface area contributed by atoms with E-state index in [1.165, 1.54) is 0 Å². The molecule has 1 heterocycles. The van der Waals surface area contributed by atoms with Gasteiger partial charge in [0.2, 0.25) is 0 Å². The number of ether oxygens (including phenoxy) is 2.